The number of rotatable bonds is 0. The molecule has 2 spiro atoms. The third-order valence-corrected chi connectivity index (χ3v) is 10.0. The average Bonchev–Trinajstić information content (AvgIpc) is 3.77. The van der Waals surface area contributed by atoms with Crippen molar-refractivity contribution >= 4 is 17.9 Å². The molecule has 0 radical (unpaired) electrons. The number of fused-ring (bicyclic) bond motifs is 2. The van der Waals surface area contributed by atoms with Crippen LogP contribution in [0, 0.1) is 16.7 Å². The van der Waals surface area contributed by atoms with Crippen molar-refractivity contribution in [2.75, 3.05) is 19.8 Å². The number of epoxide rings is 2. The van der Waals surface area contributed by atoms with Crippen molar-refractivity contribution in [3.05, 3.63) is 24.3 Å². The van der Waals surface area contributed by atoms with Crippen LogP contribution >= 0.6 is 0 Å². The van der Waals surface area contributed by atoms with E-state index in [2.05, 4.69) is 13.8 Å². The summed E-state index contributed by atoms with van der Waals surface area (Å²) in [7, 11) is 0. The van der Waals surface area contributed by atoms with Gasteiger partial charge < -0.3 is 33.5 Å². The molecule has 0 aromatic heterocycles. The molecule has 202 valence electrons. The molecular formula is C27H34O10. The second-order valence-corrected chi connectivity index (χ2v) is 11.8. The fraction of sp³-hybridized carbons (Fsp3) is 0.741. The van der Waals surface area contributed by atoms with Gasteiger partial charge in [0.2, 0.25) is 0 Å². The third-order valence-electron chi connectivity index (χ3n) is 10.0. The van der Waals surface area contributed by atoms with E-state index in [1.807, 2.05) is 0 Å². The fourth-order valence-electron chi connectivity index (χ4n) is 7.36. The zero-order valence-corrected chi connectivity index (χ0v) is 21.3. The standard InChI is InChI=1S/C27H34O10/c1-15-8-11-32-18(28)6-4-5-7-19(29)35-16-12-17-27(14-34-27)25(16,3)26(13-33-23(31)20(15)30)10-9-24(2)21(37-24)22(26)36-17/h4-7,15-17,20-22,30H,8-14H2,1-3H3/b6-4?,7-5+/t15-,16-,17-,20+,21-,22-,24+,25+,26+,27+/m0/s1. The van der Waals surface area contributed by atoms with E-state index in [1.165, 1.54) is 24.3 Å². The van der Waals surface area contributed by atoms with Gasteiger partial charge in [0.25, 0.3) is 0 Å². The highest BCUT2D eigenvalue weighted by molar-refractivity contribution is 5.84. The molecule has 2 aliphatic carbocycles. The molecule has 0 aromatic carbocycles. The topological polar surface area (TPSA) is 133 Å². The van der Waals surface area contributed by atoms with Crippen LogP contribution in [0.5, 0.6) is 0 Å². The first-order valence-corrected chi connectivity index (χ1v) is 13.1. The summed E-state index contributed by atoms with van der Waals surface area (Å²) in [6.45, 7) is 6.30. The van der Waals surface area contributed by atoms with Gasteiger partial charge in [0.05, 0.1) is 36.4 Å². The quantitative estimate of drug-likeness (QED) is 0.285. The summed E-state index contributed by atoms with van der Waals surface area (Å²) >= 11 is 0. The number of hydrogen-bond acceptors (Lipinski definition) is 10. The first kappa shape index (κ1) is 25.0. The van der Waals surface area contributed by atoms with Crippen LogP contribution in [0.3, 0.4) is 0 Å². The maximum atomic E-state index is 13.0. The fourth-order valence-corrected chi connectivity index (χ4v) is 7.36. The number of carbonyl (C=O) groups is 3. The van der Waals surface area contributed by atoms with Gasteiger partial charge in [-0.2, -0.15) is 0 Å². The van der Waals surface area contributed by atoms with E-state index in [-0.39, 0.29) is 43.5 Å². The molecule has 4 heterocycles. The molecule has 0 amide bonds. The Morgan fingerprint density at radius 1 is 0.946 bits per heavy atom. The minimum Gasteiger partial charge on any atom is -0.463 e. The summed E-state index contributed by atoms with van der Waals surface area (Å²) in [4.78, 5) is 37.7. The Bertz CT molecular complexity index is 1060. The molecule has 0 aromatic rings. The predicted octanol–water partition coefficient (Wildman–Crippen LogP) is 1.38. The van der Waals surface area contributed by atoms with Crippen molar-refractivity contribution in [3.63, 3.8) is 0 Å². The van der Waals surface area contributed by atoms with Gasteiger partial charge in [0.15, 0.2) is 6.10 Å². The number of hydrogen-bond donors (Lipinski definition) is 1. The third kappa shape index (κ3) is 3.56. The number of esters is 3. The van der Waals surface area contributed by atoms with E-state index in [0.717, 1.165) is 6.42 Å². The Labute approximate surface area is 215 Å². The first-order chi connectivity index (χ1) is 17.6. The van der Waals surface area contributed by atoms with Crippen LogP contribution in [-0.4, -0.2) is 84.6 Å². The summed E-state index contributed by atoms with van der Waals surface area (Å²) in [5, 5.41) is 10.7. The first-order valence-electron chi connectivity index (χ1n) is 13.1. The van der Waals surface area contributed by atoms with E-state index in [0.29, 0.717) is 19.4 Å². The molecule has 1 N–H and O–H groups in total. The lowest BCUT2D eigenvalue weighted by atomic mass is 9.50. The summed E-state index contributed by atoms with van der Waals surface area (Å²) in [6, 6.07) is 0. The van der Waals surface area contributed by atoms with Crippen LogP contribution in [0.15, 0.2) is 24.3 Å². The van der Waals surface area contributed by atoms with Gasteiger partial charge in [0, 0.05) is 24.0 Å². The van der Waals surface area contributed by atoms with Gasteiger partial charge in [-0.3, -0.25) is 0 Å². The van der Waals surface area contributed by atoms with Crippen LogP contribution in [0.1, 0.15) is 46.5 Å². The smallest absolute Gasteiger partial charge is 0.335 e. The second kappa shape index (κ2) is 8.36. The average molecular weight is 519 g/mol. The second-order valence-electron chi connectivity index (χ2n) is 11.8. The molecule has 10 heteroatoms. The lowest BCUT2D eigenvalue weighted by Gasteiger charge is -2.58. The minimum absolute atomic E-state index is 0.0217. The lowest BCUT2D eigenvalue weighted by Crippen LogP contribution is -2.69. The number of aliphatic hydroxyl groups is 1. The van der Waals surface area contributed by atoms with Crippen molar-refractivity contribution in [1.29, 1.82) is 0 Å². The largest absolute Gasteiger partial charge is 0.463 e. The van der Waals surface area contributed by atoms with Gasteiger partial charge in [-0.05, 0) is 32.1 Å². The van der Waals surface area contributed by atoms with E-state index in [4.69, 9.17) is 28.4 Å². The van der Waals surface area contributed by atoms with Crippen LogP contribution in [0.25, 0.3) is 0 Å². The molecule has 2 saturated carbocycles. The maximum absolute atomic E-state index is 13.0. The van der Waals surface area contributed by atoms with Gasteiger partial charge >= 0.3 is 17.9 Å². The zero-order valence-electron chi connectivity index (χ0n) is 21.3. The minimum atomic E-state index is -1.38. The van der Waals surface area contributed by atoms with Crippen LogP contribution in [0.4, 0.5) is 0 Å². The Kier molecular flexibility index (Phi) is 5.66. The lowest BCUT2D eigenvalue weighted by molar-refractivity contribution is -0.252. The van der Waals surface area contributed by atoms with Gasteiger partial charge in [-0.1, -0.05) is 26.0 Å². The van der Waals surface area contributed by atoms with E-state index in [1.54, 1.807) is 6.92 Å². The normalized spacial score (nSPS) is 52.1. The summed E-state index contributed by atoms with van der Waals surface area (Å²) in [6.07, 6.45) is 4.66. The van der Waals surface area contributed by atoms with Crippen molar-refractivity contribution in [2.24, 2.45) is 16.7 Å². The Morgan fingerprint density at radius 2 is 1.68 bits per heavy atom. The van der Waals surface area contributed by atoms with E-state index in [9.17, 15) is 19.5 Å². The molecule has 37 heavy (non-hydrogen) atoms. The molecule has 4 aliphatic heterocycles. The molecular weight excluding hydrogens is 484 g/mol. The monoisotopic (exact) mass is 518 g/mol. The molecule has 0 unspecified atom stereocenters. The highest BCUT2D eigenvalue weighted by Gasteiger charge is 2.86. The number of carbonyl (C=O) groups excluding carboxylic acids is 3. The van der Waals surface area contributed by atoms with Crippen LogP contribution < -0.4 is 0 Å². The summed E-state index contributed by atoms with van der Waals surface area (Å²) < 4.78 is 35.9. The highest BCUT2D eigenvalue weighted by Crippen LogP contribution is 2.75. The Morgan fingerprint density at radius 3 is 2.41 bits per heavy atom. The van der Waals surface area contributed by atoms with E-state index >= 15 is 0 Å². The molecule has 2 bridgehead atoms. The molecule has 10 atom stereocenters. The Hall–Kier alpha value is -2.27. The predicted molar refractivity (Wildman–Crippen MR) is 125 cm³/mol. The van der Waals surface area contributed by atoms with E-state index < -0.39 is 52.5 Å². The molecule has 10 nitrogen and oxygen atoms in total. The van der Waals surface area contributed by atoms with Crippen LogP contribution in [-0.2, 0) is 42.8 Å². The van der Waals surface area contributed by atoms with Crippen molar-refractivity contribution in [1.82, 2.24) is 0 Å². The van der Waals surface area contributed by atoms with Crippen molar-refractivity contribution in [2.45, 2.75) is 88.2 Å². The zero-order chi connectivity index (χ0) is 26.2. The van der Waals surface area contributed by atoms with Gasteiger partial charge in [0.1, 0.15) is 24.4 Å². The Balaban J connectivity index is 1.37. The summed E-state index contributed by atoms with van der Waals surface area (Å²) in [5.41, 5.74) is -2.40. The number of cyclic esters (lactones) is 2. The maximum Gasteiger partial charge on any atom is 0.335 e. The van der Waals surface area contributed by atoms with Crippen molar-refractivity contribution in [3.8, 4) is 0 Å². The summed E-state index contributed by atoms with van der Waals surface area (Å²) in [5.74, 6) is -2.38. The number of aliphatic hydroxyl groups excluding tert-OH is 1. The van der Waals surface area contributed by atoms with Crippen LogP contribution in [0.2, 0.25) is 0 Å². The number of allylic oxidation sites excluding steroid dienone is 2. The van der Waals surface area contributed by atoms with Crippen molar-refractivity contribution < 1.29 is 47.9 Å². The SMILES string of the molecule is C[C@H]1CCOC(=O)C=C/C=C/C(=O)O[C@H]2C[C@@H]3O[C@H]4[C@@H]5O[C@]5(C)CC[C@]4(COC(=O)[C@@H]1O)[C@]2(C)[C@@]31CO1. The highest BCUT2D eigenvalue weighted by atomic mass is 16.7. The van der Waals surface area contributed by atoms with Gasteiger partial charge in [-0.15, -0.1) is 0 Å². The molecule has 6 aliphatic rings. The number of ether oxygens (including phenoxy) is 6. The molecule has 3 saturated heterocycles. The molecule has 6 rings (SSSR count). The van der Waals surface area contributed by atoms with Gasteiger partial charge in [-0.25, -0.2) is 14.4 Å². The molecule has 5 fully saturated rings.